The Labute approximate surface area is 80.6 Å². The van der Waals surface area contributed by atoms with Crippen LogP contribution in [-0.4, -0.2) is 23.4 Å². The largest absolute Gasteiger partial charge is 0.392 e. The average molecular weight is 184 g/mol. The third-order valence-electron chi connectivity index (χ3n) is 3.09. The maximum Gasteiger partial charge on any atom is 0.0809 e. The van der Waals surface area contributed by atoms with Crippen LogP contribution in [0.5, 0.6) is 0 Å². The van der Waals surface area contributed by atoms with E-state index in [9.17, 15) is 5.11 Å². The van der Waals surface area contributed by atoms with Gasteiger partial charge in [-0.15, -0.1) is 0 Å². The molecule has 5 atom stereocenters. The highest BCUT2D eigenvalue weighted by molar-refractivity contribution is 4.97. The van der Waals surface area contributed by atoms with Gasteiger partial charge in [0.15, 0.2) is 0 Å². The molecule has 0 radical (unpaired) electrons. The van der Waals surface area contributed by atoms with E-state index in [1.165, 1.54) is 0 Å². The minimum atomic E-state index is -0.245. The van der Waals surface area contributed by atoms with Crippen LogP contribution >= 0.6 is 0 Å². The number of hydrogen-bond acceptors (Lipinski definition) is 2. The van der Waals surface area contributed by atoms with Crippen molar-refractivity contribution in [1.29, 1.82) is 0 Å². The Kier molecular flexibility index (Phi) is 3.51. The first-order valence-electron chi connectivity index (χ1n) is 5.04. The van der Waals surface area contributed by atoms with Crippen LogP contribution in [-0.2, 0) is 4.74 Å². The molecule has 13 heavy (non-hydrogen) atoms. The fourth-order valence-electron chi connectivity index (χ4n) is 1.86. The lowest BCUT2D eigenvalue weighted by Gasteiger charge is -2.40. The molecule has 1 fully saturated rings. The molecule has 1 heterocycles. The molecule has 1 rings (SSSR count). The van der Waals surface area contributed by atoms with Gasteiger partial charge in [-0.25, -0.2) is 0 Å². The lowest BCUT2D eigenvalue weighted by atomic mass is 9.83. The van der Waals surface area contributed by atoms with E-state index >= 15 is 0 Å². The smallest absolute Gasteiger partial charge is 0.0809 e. The number of hydrogen-bond donors (Lipinski definition) is 1. The molecule has 2 heteroatoms. The Morgan fingerprint density at radius 2 is 1.77 bits per heavy atom. The highest BCUT2D eigenvalue weighted by atomic mass is 16.5. The van der Waals surface area contributed by atoms with Gasteiger partial charge in [-0.05, 0) is 13.8 Å². The topological polar surface area (TPSA) is 29.5 Å². The minimum Gasteiger partial charge on any atom is -0.392 e. The molecule has 0 spiro atoms. The lowest BCUT2D eigenvalue weighted by molar-refractivity contribution is -0.139. The second kappa shape index (κ2) is 4.25. The number of allylic oxidation sites excluding steroid dienone is 1. The summed E-state index contributed by atoms with van der Waals surface area (Å²) in [6.45, 7) is 8.08. The Morgan fingerprint density at radius 3 is 2.31 bits per heavy atom. The van der Waals surface area contributed by atoms with E-state index in [1.54, 1.807) is 0 Å². The van der Waals surface area contributed by atoms with E-state index in [-0.39, 0.29) is 30.1 Å². The van der Waals surface area contributed by atoms with Crippen molar-refractivity contribution in [3.8, 4) is 0 Å². The van der Waals surface area contributed by atoms with Crippen molar-refractivity contribution in [2.75, 3.05) is 0 Å². The van der Waals surface area contributed by atoms with E-state index in [4.69, 9.17) is 4.74 Å². The summed E-state index contributed by atoms with van der Waals surface area (Å²) in [5.41, 5.74) is 0. The van der Waals surface area contributed by atoms with Gasteiger partial charge in [0.2, 0.25) is 0 Å². The predicted molar refractivity (Wildman–Crippen MR) is 53.5 cm³/mol. The summed E-state index contributed by atoms with van der Waals surface area (Å²) < 4.78 is 5.77. The Morgan fingerprint density at radius 1 is 1.15 bits per heavy atom. The molecule has 0 amide bonds. The quantitative estimate of drug-likeness (QED) is 0.631. The van der Waals surface area contributed by atoms with Gasteiger partial charge >= 0.3 is 0 Å². The zero-order chi connectivity index (χ0) is 10.0. The molecule has 0 aliphatic carbocycles. The van der Waals surface area contributed by atoms with Gasteiger partial charge in [-0.1, -0.05) is 26.0 Å². The van der Waals surface area contributed by atoms with Gasteiger partial charge in [-0.3, -0.25) is 0 Å². The summed E-state index contributed by atoms with van der Waals surface area (Å²) in [5, 5.41) is 9.90. The van der Waals surface area contributed by atoms with Gasteiger partial charge in [0, 0.05) is 11.8 Å². The Hall–Kier alpha value is -0.340. The fraction of sp³-hybridized carbons (Fsp3) is 0.818. The second-order valence-electron chi connectivity index (χ2n) is 4.04. The standard InChI is InChI=1S/C11H20O2/c1-5-6-10-8(3)11(12)7(2)9(4)13-10/h5-12H,1-4H3/b6-5+/t7-,8+,9+,10-,11-/m1/s1. The Balaban J connectivity index is 2.70. The highest BCUT2D eigenvalue weighted by Gasteiger charge is 2.36. The Bertz CT molecular complexity index is 189. The van der Waals surface area contributed by atoms with Crippen LogP contribution in [0, 0.1) is 11.8 Å². The third kappa shape index (κ3) is 2.12. The number of aliphatic hydroxyl groups is 1. The zero-order valence-corrected chi connectivity index (χ0v) is 8.90. The van der Waals surface area contributed by atoms with Gasteiger partial charge in [-0.2, -0.15) is 0 Å². The molecule has 0 saturated carbocycles. The van der Waals surface area contributed by atoms with Crippen LogP contribution in [0.4, 0.5) is 0 Å². The van der Waals surface area contributed by atoms with Crippen molar-refractivity contribution in [1.82, 2.24) is 0 Å². The fourth-order valence-corrected chi connectivity index (χ4v) is 1.86. The molecule has 0 aromatic rings. The molecule has 0 aromatic carbocycles. The summed E-state index contributed by atoms with van der Waals surface area (Å²) in [7, 11) is 0. The monoisotopic (exact) mass is 184 g/mol. The summed E-state index contributed by atoms with van der Waals surface area (Å²) in [5.74, 6) is 0.430. The maximum absolute atomic E-state index is 9.90. The second-order valence-corrected chi connectivity index (χ2v) is 4.04. The van der Waals surface area contributed by atoms with E-state index in [0.29, 0.717) is 0 Å². The van der Waals surface area contributed by atoms with E-state index < -0.39 is 0 Å². The molecule has 2 nitrogen and oxygen atoms in total. The summed E-state index contributed by atoms with van der Waals surface area (Å²) >= 11 is 0. The molecule has 1 N–H and O–H groups in total. The van der Waals surface area contributed by atoms with Crippen molar-refractivity contribution in [3.05, 3.63) is 12.2 Å². The van der Waals surface area contributed by atoms with Gasteiger partial charge in [0.1, 0.15) is 0 Å². The lowest BCUT2D eigenvalue weighted by Crippen LogP contribution is -2.47. The molecule has 0 aromatic heterocycles. The summed E-state index contributed by atoms with van der Waals surface area (Å²) in [6, 6.07) is 0. The van der Waals surface area contributed by atoms with Crippen molar-refractivity contribution >= 4 is 0 Å². The molecule has 1 aliphatic rings. The van der Waals surface area contributed by atoms with Crippen LogP contribution in [0.25, 0.3) is 0 Å². The predicted octanol–water partition coefficient (Wildman–Crippen LogP) is 1.98. The highest BCUT2D eigenvalue weighted by Crippen LogP contribution is 2.30. The molecular formula is C11H20O2. The van der Waals surface area contributed by atoms with Crippen molar-refractivity contribution in [2.24, 2.45) is 11.8 Å². The van der Waals surface area contributed by atoms with E-state index in [0.717, 1.165) is 0 Å². The van der Waals surface area contributed by atoms with Gasteiger partial charge in [0.25, 0.3) is 0 Å². The van der Waals surface area contributed by atoms with E-state index in [1.807, 2.05) is 39.8 Å². The first kappa shape index (κ1) is 10.7. The van der Waals surface area contributed by atoms with Crippen molar-refractivity contribution in [3.63, 3.8) is 0 Å². The number of rotatable bonds is 1. The van der Waals surface area contributed by atoms with E-state index in [2.05, 4.69) is 0 Å². The third-order valence-corrected chi connectivity index (χ3v) is 3.09. The first-order valence-corrected chi connectivity index (χ1v) is 5.04. The van der Waals surface area contributed by atoms with Gasteiger partial charge in [0.05, 0.1) is 18.3 Å². The number of aliphatic hydroxyl groups excluding tert-OH is 1. The summed E-state index contributed by atoms with van der Waals surface area (Å²) in [6.07, 6.45) is 3.98. The van der Waals surface area contributed by atoms with Crippen LogP contribution in [0.15, 0.2) is 12.2 Å². The average Bonchev–Trinajstić information content (AvgIpc) is 2.11. The molecule has 1 aliphatic heterocycles. The van der Waals surface area contributed by atoms with Crippen molar-refractivity contribution < 1.29 is 9.84 Å². The van der Waals surface area contributed by atoms with Crippen LogP contribution in [0.3, 0.4) is 0 Å². The molecule has 1 saturated heterocycles. The zero-order valence-electron chi connectivity index (χ0n) is 8.90. The minimum absolute atomic E-state index is 0.0752. The number of ether oxygens (including phenoxy) is 1. The summed E-state index contributed by atoms with van der Waals surface area (Å²) in [4.78, 5) is 0. The normalized spacial score (nSPS) is 47.0. The molecule has 0 bridgehead atoms. The maximum atomic E-state index is 9.90. The molecule has 76 valence electrons. The van der Waals surface area contributed by atoms with Crippen molar-refractivity contribution in [2.45, 2.75) is 46.0 Å². The van der Waals surface area contributed by atoms with Crippen LogP contribution in [0.1, 0.15) is 27.7 Å². The first-order chi connectivity index (χ1) is 6.07. The van der Waals surface area contributed by atoms with Crippen LogP contribution in [0.2, 0.25) is 0 Å². The molecular weight excluding hydrogens is 164 g/mol. The molecule has 0 unspecified atom stereocenters. The van der Waals surface area contributed by atoms with Crippen LogP contribution < -0.4 is 0 Å². The SMILES string of the molecule is C/C=C/[C@H]1O[C@@H](C)[C@@H](C)[C@@H](O)[C@H]1C. The van der Waals surface area contributed by atoms with Gasteiger partial charge < -0.3 is 9.84 Å².